The lowest BCUT2D eigenvalue weighted by atomic mass is 10.1. The first kappa shape index (κ1) is 24.4. The number of aromatic hydroxyl groups is 2. The van der Waals surface area contributed by atoms with E-state index in [0.717, 1.165) is 27.6 Å². The first-order valence-electron chi connectivity index (χ1n) is 9.39. The molecule has 33 heavy (non-hydrogen) atoms. The van der Waals surface area contributed by atoms with Crippen molar-refractivity contribution in [2.45, 2.75) is 0 Å². The number of carboxylic acid groups (broad SMARTS) is 3. The van der Waals surface area contributed by atoms with Gasteiger partial charge in [-0.1, -0.05) is 55.1 Å². The van der Waals surface area contributed by atoms with Crippen LogP contribution in [0.15, 0.2) is 85.5 Å². The van der Waals surface area contributed by atoms with Crippen LogP contribution in [0.1, 0.15) is 20.7 Å². The molecule has 0 saturated heterocycles. The van der Waals surface area contributed by atoms with Gasteiger partial charge in [0.15, 0.2) is 0 Å². The highest BCUT2D eigenvalue weighted by molar-refractivity contribution is 5.98. The molecule has 8 nitrogen and oxygen atoms in total. The smallest absolute Gasteiger partial charge is 0.339 e. The summed E-state index contributed by atoms with van der Waals surface area (Å²) in [7, 11) is 0. The zero-order chi connectivity index (χ0) is 24.5. The van der Waals surface area contributed by atoms with Crippen molar-refractivity contribution in [1.29, 1.82) is 0 Å². The van der Waals surface area contributed by atoms with Crippen molar-refractivity contribution in [3.63, 3.8) is 0 Å². The first-order chi connectivity index (χ1) is 15.6. The van der Waals surface area contributed by atoms with Crippen LogP contribution in [0.5, 0.6) is 11.5 Å². The number of carboxylic acids is 3. The van der Waals surface area contributed by atoms with Crippen molar-refractivity contribution in [2.75, 3.05) is 0 Å². The Morgan fingerprint density at radius 1 is 0.606 bits per heavy atom. The number of aromatic carboxylic acids is 2. The molecule has 0 unspecified atom stereocenters. The molecule has 0 aliphatic rings. The zero-order valence-corrected chi connectivity index (χ0v) is 17.2. The second kappa shape index (κ2) is 11.0. The second-order valence-electron chi connectivity index (χ2n) is 6.59. The highest BCUT2D eigenvalue weighted by atomic mass is 16.4. The average molecular weight is 448 g/mol. The Morgan fingerprint density at radius 3 is 1.12 bits per heavy atom. The monoisotopic (exact) mass is 448 g/mol. The molecule has 0 aliphatic heterocycles. The lowest BCUT2D eigenvalue weighted by Crippen LogP contribution is -1.96. The van der Waals surface area contributed by atoms with Gasteiger partial charge in [0.05, 0.1) is 0 Å². The van der Waals surface area contributed by atoms with Crippen LogP contribution in [0.4, 0.5) is 0 Å². The number of carbonyl (C=O) groups is 3. The molecule has 0 aromatic heterocycles. The predicted octanol–water partition coefficient (Wildman–Crippen LogP) is 4.74. The molecule has 5 N–H and O–H groups in total. The average Bonchev–Trinajstić information content (AvgIpc) is 2.78. The fraction of sp³-hybridized carbons (Fsp3) is 0. The standard InChI is InChI=1S/2C11H8O3.C3H4O2/c2*12-10-6-8-4-2-1-3-7(8)5-9(10)11(13)14;1-2-3(4)5/h2*1-6,12H,(H,13,14);2H,1H2,(H,4,5). The van der Waals surface area contributed by atoms with E-state index in [1.54, 1.807) is 12.1 Å². The van der Waals surface area contributed by atoms with Gasteiger partial charge in [-0.15, -0.1) is 0 Å². The molecular weight excluding hydrogens is 428 g/mol. The van der Waals surface area contributed by atoms with E-state index in [9.17, 15) is 24.6 Å². The molecule has 0 saturated carbocycles. The third kappa shape index (κ3) is 6.56. The first-order valence-corrected chi connectivity index (χ1v) is 9.39. The quantitative estimate of drug-likeness (QED) is 0.282. The summed E-state index contributed by atoms with van der Waals surface area (Å²) < 4.78 is 0. The van der Waals surface area contributed by atoms with Crippen molar-refractivity contribution in [2.24, 2.45) is 0 Å². The molecule has 0 radical (unpaired) electrons. The maximum absolute atomic E-state index is 10.7. The largest absolute Gasteiger partial charge is 0.507 e. The van der Waals surface area contributed by atoms with Gasteiger partial charge in [-0.2, -0.15) is 0 Å². The van der Waals surface area contributed by atoms with Crippen molar-refractivity contribution in [3.05, 3.63) is 96.6 Å². The van der Waals surface area contributed by atoms with E-state index in [2.05, 4.69) is 6.58 Å². The predicted molar refractivity (Wildman–Crippen MR) is 123 cm³/mol. The summed E-state index contributed by atoms with van der Waals surface area (Å²) in [5.41, 5.74) is -0.132. The van der Waals surface area contributed by atoms with Crippen LogP contribution in [-0.2, 0) is 4.79 Å². The van der Waals surface area contributed by atoms with E-state index in [0.29, 0.717) is 0 Å². The second-order valence-corrected chi connectivity index (χ2v) is 6.59. The highest BCUT2D eigenvalue weighted by Crippen LogP contribution is 2.25. The van der Waals surface area contributed by atoms with Gasteiger partial charge in [-0.25, -0.2) is 14.4 Å². The van der Waals surface area contributed by atoms with Gasteiger partial charge < -0.3 is 25.5 Å². The normalized spacial score (nSPS) is 9.70. The van der Waals surface area contributed by atoms with Crippen molar-refractivity contribution >= 4 is 39.5 Å². The minimum Gasteiger partial charge on any atom is -0.507 e. The van der Waals surface area contributed by atoms with Crippen LogP contribution in [-0.4, -0.2) is 43.4 Å². The molecule has 0 fully saturated rings. The number of hydrogen-bond acceptors (Lipinski definition) is 5. The molecule has 4 aromatic rings. The van der Waals surface area contributed by atoms with Gasteiger partial charge >= 0.3 is 17.9 Å². The minimum atomic E-state index is -1.12. The zero-order valence-electron chi connectivity index (χ0n) is 17.2. The SMILES string of the molecule is C=CC(=O)O.O=C(O)c1cc2ccccc2cc1O.O=C(O)c1cc2ccccc2cc1O. The van der Waals surface area contributed by atoms with Crippen LogP contribution in [0, 0.1) is 0 Å². The maximum Gasteiger partial charge on any atom is 0.339 e. The topological polar surface area (TPSA) is 152 Å². The molecule has 0 atom stereocenters. The molecule has 168 valence electrons. The van der Waals surface area contributed by atoms with Crippen LogP contribution >= 0.6 is 0 Å². The van der Waals surface area contributed by atoms with E-state index in [1.165, 1.54) is 24.3 Å². The summed E-state index contributed by atoms with van der Waals surface area (Å²) in [6.07, 6.45) is 0.833. The summed E-state index contributed by atoms with van der Waals surface area (Å²) >= 11 is 0. The van der Waals surface area contributed by atoms with Gasteiger partial charge in [-0.05, 0) is 45.8 Å². The third-order valence-electron chi connectivity index (χ3n) is 4.36. The molecule has 4 rings (SSSR count). The van der Waals surface area contributed by atoms with Crippen molar-refractivity contribution in [3.8, 4) is 11.5 Å². The van der Waals surface area contributed by atoms with Crippen LogP contribution in [0.25, 0.3) is 21.5 Å². The van der Waals surface area contributed by atoms with E-state index in [4.69, 9.17) is 15.3 Å². The summed E-state index contributed by atoms with van der Waals surface area (Å²) in [5.74, 6) is -3.61. The lowest BCUT2D eigenvalue weighted by Gasteiger charge is -2.02. The number of phenols is 2. The number of aliphatic carboxylic acids is 1. The molecule has 0 amide bonds. The van der Waals surface area contributed by atoms with Crippen LogP contribution < -0.4 is 0 Å². The molecule has 8 heteroatoms. The van der Waals surface area contributed by atoms with Crippen LogP contribution in [0.3, 0.4) is 0 Å². The summed E-state index contributed by atoms with van der Waals surface area (Å²) in [5, 5.41) is 47.2. The van der Waals surface area contributed by atoms with E-state index in [-0.39, 0.29) is 22.6 Å². The number of rotatable bonds is 3. The molecule has 0 aliphatic carbocycles. The molecular formula is C25H20O8. The fourth-order valence-corrected chi connectivity index (χ4v) is 2.80. The number of fused-ring (bicyclic) bond motifs is 2. The number of benzene rings is 4. The Hall–Kier alpha value is -4.85. The molecule has 0 spiro atoms. The third-order valence-corrected chi connectivity index (χ3v) is 4.36. The Labute approximate surface area is 187 Å². The van der Waals surface area contributed by atoms with Crippen molar-refractivity contribution < 1.29 is 39.9 Å². The Morgan fingerprint density at radius 2 is 0.879 bits per heavy atom. The van der Waals surface area contributed by atoms with Gasteiger partial charge in [-0.3, -0.25) is 0 Å². The summed E-state index contributed by atoms with van der Waals surface area (Å²) in [6, 6.07) is 20.4. The van der Waals surface area contributed by atoms with Gasteiger partial charge in [0.2, 0.25) is 0 Å². The maximum atomic E-state index is 10.7. The van der Waals surface area contributed by atoms with E-state index >= 15 is 0 Å². The summed E-state index contributed by atoms with van der Waals surface area (Å²) in [4.78, 5) is 30.7. The Kier molecular flexibility index (Phi) is 8.11. The highest BCUT2D eigenvalue weighted by Gasteiger charge is 2.10. The minimum absolute atomic E-state index is 0.0660. The Bertz CT molecular complexity index is 1250. The van der Waals surface area contributed by atoms with Gasteiger partial charge in [0, 0.05) is 6.08 Å². The van der Waals surface area contributed by atoms with E-state index in [1.807, 2.05) is 36.4 Å². The Balaban J connectivity index is 0.000000195. The fourth-order valence-electron chi connectivity index (χ4n) is 2.80. The summed E-state index contributed by atoms with van der Waals surface area (Å²) in [6.45, 7) is 2.96. The van der Waals surface area contributed by atoms with Crippen molar-refractivity contribution in [1.82, 2.24) is 0 Å². The van der Waals surface area contributed by atoms with Gasteiger partial charge in [0.25, 0.3) is 0 Å². The number of hydrogen-bond donors (Lipinski definition) is 5. The van der Waals surface area contributed by atoms with Gasteiger partial charge in [0.1, 0.15) is 22.6 Å². The molecule has 4 aromatic carbocycles. The lowest BCUT2D eigenvalue weighted by molar-refractivity contribution is -0.131. The molecule has 0 bridgehead atoms. The van der Waals surface area contributed by atoms with E-state index < -0.39 is 17.9 Å². The molecule has 0 heterocycles. The van der Waals surface area contributed by atoms with Crippen LogP contribution in [0.2, 0.25) is 0 Å².